The molecule has 1 saturated heterocycles. The molecule has 146 valence electrons. The van der Waals surface area contributed by atoms with Crippen LogP contribution in [0.4, 0.5) is 0 Å². The number of nitrogens with zero attached hydrogens (tertiary/aromatic N) is 1. The summed E-state index contributed by atoms with van der Waals surface area (Å²) in [5.74, 6) is 0.252. The van der Waals surface area contributed by atoms with Gasteiger partial charge in [0.2, 0.25) is 0 Å². The highest BCUT2D eigenvalue weighted by Gasteiger charge is 2.25. The van der Waals surface area contributed by atoms with Crippen molar-refractivity contribution in [1.29, 1.82) is 0 Å². The molecule has 0 aliphatic carbocycles. The number of hydrogen-bond donors (Lipinski definition) is 1. The van der Waals surface area contributed by atoms with Crippen molar-refractivity contribution in [3.63, 3.8) is 0 Å². The molecule has 0 bridgehead atoms. The smallest absolute Gasteiger partial charge is 0.260 e. The lowest BCUT2D eigenvalue weighted by Crippen LogP contribution is -2.45. The van der Waals surface area contributed by atoms with E-state index >= 15 is 0 Å². The van der Waals surface area contributed by atoms with Gasteiger partial charge in [0.15, 0.2) is 6.10 Å². The molecule has 8 heteroatoms. The van der Waals surface area contributed by atoms with Crippen molar-refractivity contribution in [3.8, 4) is 5.75 Å². The fourth-order valence-corrected chi connectivity index (χ4v) is 4.25. The van der Waals surface area contributed by atoms with Crippen LogP contribution in [-0.4, -0.2) is 49.8 Å². The Labute approximate surface area is 173 Å². The summed E-state index contributed by atoms with van der Waals surface area (Å²) < 4.78 is 11.1. The van der Waals surface area contributed by atoms with E-state index in [2.05, 4.69) is 21.7 Å². The molecule has 1 aromatic carbocycles. The number of nitrogens with one attached hydrogen (secondary N) is 1. The number of ether oxygens (including phenoxy) is 2. The first-order valence-corrected chi connectivity index (χ1v) is 10.4. The summed E-state index contributed by atoms with van der Waals surface area (Å²) in [6.45, 7) is 5.35. The number of rotatable bonds is 7. The SMILES string of the molecule is CC(Oc1ccc(Cl)cc1Cl)C(=O)NCC(c1cccs1)N1CCOCC1. The maximum atomic E-state index is 12.5. The molecule has 0 radical (unpaired) electrons. The maximum Gasteiger partial charge on any atom is 0.260 e. The summed E-state index contributed by atoms with van der Waals surface area (Å²) in [6.07, 6.45) is -0.669. The first-order valence-electron chi connectivity index (χ1n) is 8.79. The molecule has 1 aliphatic rings. The van der Waals surface area contributed by atoms with Crippen molar-refractivity contribution in [3.05, 3.63) is 50.6 Å². The zero-order chi connectivity index (χ0) is 19.2. The van der Waals surface area contributed by atoms with Gasteiger partial charge in [-0.15, -0.1) is 11.3 Å². The predicted molar refractivity (Wildman–Crippen MR) is 109 cm³/mol. The molecule has 2 unspecified atom stereocenters. The number of halogens is 2. The summed E-state index contributed by atoms with van der Waals surface area (Å²) in [5, 5.41) is 5.97. The molecule has 27 heavy (non-hydrogen) atoms. The lowest BCUT2D eigenvalue weighted by Gasteiger charge is -2.34. The van der Waals surface area contributed by atoms with Crippen LogP contribution in [0.3, 0.4) is 0 Å². The zero-order valence-electron chi connectivity index (χ0n) is 15.0. The summed E-state index contributed by atoms with van der Waals surface area (Å²) in [4.78, 5) is 16.1. The van der Waals surface area contributed by atoms with Gasteiger partial charge in [-0.05, 0) is 36.6 Å². The van der Waals surface area contributed by atoms with Crippen LogP contribution in [0.15, 0.2) is 35.7 Å². The van der Waals surface area contributed by atoms with Crippen LogP contribution in [0.5, 0.6) is 5.75 Å². The summed E-state index contributed by atoms with van der Waals surface area (Å²) in [7, 11) is 0. The Hall–Kier alpha value is -1.31. The Kier molecular flexibility index (Phi) is 7.38. The third-order valence-corrected chi connectivity index (χ3v) is 5.90. The van der Waals surface area contributed by atoms with E-state index in [1.165, 1.54) is 4.88 Å². The van der Waals surface area contributed by atoms with E-state index in [4.69, 9.17) is 32.7 Å². The molecule has 1 amide bonds. The van der Waals surface area contributed by atoms with Crippen molar-refractivity contribution < 1.29 is 14.3 Å². The van der Waals surface area contributed by atoms with E-state index in [1.807, 2.05) is 6.07 Å². The molecule has 1 fully saturated rings. The average Bonchev–Trinajstić information content (AvgIpc) is 3.19. The van der Waals surface area contributed by atoms with Crippen LogP contribution in [0.25, 0.3) is 0 Å². The number of carbonyl (C=O) groups excluding carboxylic acids is 1. The molecule has 0 spiro atoms. The van der Waals surface area contributed by atoms with Gasteiger partial charge >= 0.3 is 0 Å². The van der Waals surface area contributed by atoms with E-state index in [0.717, 1.165) is 13.1 Å². The fraction of sp³-hybridized carbons (Fsp3) is 0.421. The second-order valence-corrected chi connectivity index (χ2v) is 8.08. The van der Waals surface area contributed by atoms with Gasteiger partial charge in [-0.1, -0.05) is 29.3 Å². The molecule has 5 nitrogen and oxygen atoms in total. The van der Waals surface area contributed by atoms with Crippen LogP contribution in [0.1, 0.15) is 17.8 Å². The van der Waals surface area contributed by atoms with Crippen molar-refractivity contribution in [2.24, 2.45) is 0 Å². The van der Waals surface area contributed by atoms with Crippen molar-refractivity contribution in [2.75, 3.05) is 32.8 Å². The lowest BCUT2D eigenvalue weighted by atomic mass is 10.2. The van der Waals surface area contributed by atoms with Crippen molar-refractivity contribution >= 4 is 40.4 Å². The van der Waals surface area contributed by atoms with Crippen LogP contribution in [-0.2, 0) is 9.53 Å². The Morgan fingerprint density at radius 1 is 1.33 bits per heavy atom. The van der Waals surface area contributed by atoms with E-state index in [9.17, 15) is 4.79 Å². The molecular formula is C19H22Cl2N2O3S. The molecule has 0 saturated carbocycles. The van der Waals surface area contributed by atoms with Gasteiger partial charge in [0.05, 0.1) is 24.3 Å². The summed E-state index contributed by atoms with van der Waals surface area (Å²) in [5.41, 5.74) is 0. The van der Waals surface area contributed by atoms with Crippen LogP contribution < -0.4 is 10.1 Å². The molecule has 1 aliphatic heterocycles. The van der Waals surface area contributed by atoms with Crippen molar-refractivity contribution in [1.82, 2.24) is 10.2 Å². The minimum absolute atomic E-state index is 0.129. The van der Waals surface area contributed by atoms with Crippen LogP contribution in [0, 0.1) is 0 Å². The van der Waals surface area contributed by atoms with Gasteiger partial charge in [0, 0.05) is 29.5 Å². The van der Waals surface area contributed by atoms with Gasteiger partial charge < -0.3 is 14.8 Å². The molecule has 1 N–H and O–H groups in total. The topological polar surface area (TPSA) is 50.8 Å². The number of hydrogen-bond acceptors (Lipinski definition) is 5. The normalized spacial score (nSPS) is 17.3. The molecular weight excluding hydrogens is 407 g/mol. The van der Waals surface area contributed by atoms with Gasteiger partial charge in [0.25, 0.3) is 5.91 Å². The molecule has 2 aromatic rings. The van der Waals surface area contributed by atoms with Crippen molar-refractivity contribution in [2.45, 2.75) is 19.1 Å². The van der Waals surface area contributed by atoms with Crippen LogP contribution in [0.2, 0.25) is 10.0 Å². The molecule has 2 atom stereocenters. The fourth-order valence-electron chi connectivity index (χ4n) is 2.94. The average molecular weight is 429 g/mol. The monoisotopic (exact) mass is 428 g/mol. The summed E-state index contributed by atoms with van der Waals surface area (Å²) in [6, 6.07) is 9.20. The zero-order valence-corrected chi connectivity index (χ0v) is 17.3. The third-order valence-electron chi connectivity index (χ3n) is 4.39. The quantitative estimate of drug-likeness (QED) is 0.723. The van der Waals surface area contributed by atoms with Gasteiger partial charge in [-0.25, -0.2) is 0 Å². The lowest BCUT2D eigenvalue weighted by molar-refractivity contribution is -0.127. The Balaban J connectivity index is 1.59. The number of amides is 1. The highest BCUT2D eigenvalue weighted by atomic mass is 35.5. The minimum atomic E-state index is -0.669. The number of morpholine rings is 1. The molecule has 1 aromatic heterocycles. The van der Waals surface area contributed by atoms with Crippen LogP contribution >= 0.6 is 34.5 Å². The molecule has 2 heterocycles. The van der Waals surface area contributed by atoms with Gasteiger partial charge in [0.1, 0.15) is 5.75 Å². The second kappa shape index (κ2) is 9.75. The highest BCUT2D eigenvalue weighted by Crippen LogP contribution is 2.28. The first kappa shape index (κ1) is 20.4. The van der Waals surface area contributed by atoms with Gasteiger partial charge in [-0.2, -0.15) is 0 Å². The standard InChI is InChI=1S/C19H22Cl2N2O3S/c1-13(26-17-5-4-14(20)11-15(17)21)19(24)22-12-16(18-3-2-10-27-18)23-6-8-25-9-7-23/h2-5,10-11,13,16H,6-9,12H2,1H3,(H,22,24). The molecule has 3 rings (SSSR count). The Morgan fingerprint density at radius 2 is 2.11 bits per heavy atom. The van der Waals surface area contributed by atoms with E-state index in [1.54, 1.807) is 36.5 Å². The maximum absolute atomic E-state index is 12.5. The van der Waals surface area contributed by atoms with E-state index < -0.39 is 6.10 Å². The first-order chi connectivity index (χ1) is 13.0. The third kappa shape index (κ3) is 5.59. The predicted octanol–water partition coefficient (Wildman–Crippen LogP) is 4.01. The number of thiophene rings is 1. The second-order valence-electron chi connectivity index (χ2n) is 6.26. The Morgan fingerprint density at radius 3 is 2.78 bits per heavy atom. The van der Waals surface area contributed by atoms with E-state index in [-0.39, 0.29) is 11.9 Å². The highest BCUT2D eigenvalue weighted by molar-refractivity contribution is 7.10. The Bertz CT molecular complexity index is 751. The number of benzene rings is 1. The van der Waals surface area contributed by atoms with Gasteiger partial charge in [-0.3, -0.25) is 9.69 Å². The van der Waals surface area contributed by atoms with E-state index in [0.29, 0.717) is 35.6 Å². The largest absolute Gasteiger partial charge is 0.479 e. The summed E-state index contributed by atoms with van der Waals surface area (Å²) >= 11 is 13.7. The number of carbonyl (C=O) groups is 1. The minimum Gasteiger partial charge on any atom is -0.479 e.